The first-order valence-electron chi connectivity index (χ1n) is 8.67. The molecule has 0 saturated carbocycles. The third-order valence-corrected chi connectivity index (χ3v) is 5.63. The first kappa shape index (κ1) is 20.9. The Morgan fingerprint density at radius 2 is 2.28 bits per heavy atom. The molecule has 2 unspecified atom stereocenters. The van der Waals surface area contributed by atoms with Crippen LogP contribution in [0.2, 0.25) is 0 Å². The van der Waals surface area contributed by atoms with E-state index in [0.717, 1.165) is 5.56 Å². The van der Waals surface area contributed by atoms with Gasteiger partial charge in [0.15, 0.2) is 6.23 Å². The zero-order valence-electron chi connectivity index (χ0n) is 15.6. The maximum absolute atomic E-state index is 12.6. The third kappa shape index (κ3) is 4.98. The number of thiocarbonyl (C=S) groups is 1. The molecule has 0 bridgehead atoms. The highest BCUT2D eigenvalue weighted by atomic mass is 32.1. The number of fused-ring (bicyclic) bond motifs is 1. The SMILES string of the molecule is C#C/C(=C/N(C=S)C1CCC(=COP2(=O)OCc3ccccc3O2)O1)C(=O)NC. The van der Waals surface area contributed by atoms with E-state index in [0.29, 0.717) is 24.4 Å². The molecule has 1 aromatic rings. The van der Waals surface area contributed by atoms with Crippen LogP contribution in [0.15, 0.2) is 48.1 Å². The van der Waals surface area contributed by atoms with E-state index >= 15 is 0 Å². The quantitative estimate of drug-likeness (QED) is 0.240. The summed E-state index contributed by atoms with van der Waals surface area (Å²) in [5.74, 6) is 2.80. The first-order valence-corrected chi connectivity index (χ1v) is 10.6. The van der Waals surface area contributed by atoms with Crippen LogP contribution in [0.1, 0.15) is 18.4 Å². The van der Waals surface area contributed by atoms with Crippen molar-refractivity contribution in [1.29, 1.82) is 0 Å². The van der Waals surface area contributed by atoms with Crippen LogP contribution in [0.25, 0.3) is 0 Å². The molecule has 1 amide bonds. The molecule has 29 heavy (non-hydrogen) atoms. The number of nitrogens with one attached hydrogen (secondary N) is 1. The predicted molar refractivity (Wildman–Crippen MR) is 109 cm³/mol. The lowest BCUT2D eigenvalue weighted by Crippen LogP contribution is -2.30. The molecule has 2 aliphatic rings. The summed E-state index contributed by atoms with van der Waals surface area (Å²) in [6.45, 7) is 0.123. The number of hydrogen-bond acceptors (Lipinski definition) is 7. The van der Waals surface area contributed by atoms with Crippen molar-refractivity contribution in [2.45, 2.75) is 25.7 Å². The van der Waals surface area contributed by atoms with Gasteiger partial charge in [-0.1, -0.05) is 36.3 Å². The lowest BCUT2D eigenvalue weighted by atomic mass is 10.2. The number of ether oxygens (including phenoxy) is 1. The Bertz CT molecular complexity index is 954. The fourth-order valence-corrected chi connectivity index (χ4v) is 3.98. The predicted octanol–water partition coefficient (Wildman–Crippen LogP) is 3.22. The van der Waals surface area contributed by atoms with Crippen LogP contribution in [0.3, 0.4) is 0 Å². The number of hydrogen-bond donors (Lipinski definition) is 1. The molecular weight excluding hydrogens is 415 g/mol. The Hall–Kier alpha value is -2.79. The van der Waals surface area contributed by atoms with Gasteiger partial charge in [0.1, 0.15) is 23.3 Å². The summed E-state index contributed by atoms with van der Waals surface area (Å²) in [6.07, 6.45) is 8.61. The van der Waals surface area contributed by atoms with E-state index in [1.54, 1.807) is 12.1 Å². The highest BCUT2D eigenvalue weighted by molar-refractivity contribution is 7.78. The normalized spacial score (nSPS) is 24.5. The Morgan fingerprint density at radius 3 is 3.00 bits per heavy atom. The number of nitrogens with zero attached hydrogens (tertiary/aromatic N) is 1. The minimum atomic E-state index is -3.78. The zero-order valence-corrected chi connectivity index (χ0v) is 17.3. The van der Waals surface area contributed by atoms with Crippen molar-refractivity contribution in [2.75, 3.05) is 7.05 Å². The topological polar surface area (TPSA) is 86.3 Å². The van der Waals surface area contributed by atoms with Crippen molar-refractivity contribution in [2.24, 2.45) is 0 Å². The highest BCUT2D eigenvalue weighted by Crippen LogP contribution is 2.54. The number of likely N-dealkylation sites (N-methyl/N-ethyl adjacent to an activating group) is 1. The standard InChI is InChI=1S/C19H19N2O6PS/c1-3-14(19(22)20-2)10-21(13-29)18-9-8-16(26-18)12-25-28(23)24-11-15-6-4-5-7-17(15)27-28/h1,4-7,10,12-13,18H,8-9,11H2,2H3,(H,20,22)/b14-10-,16-12?. The molecule has 152 valence electrons. The van der Waals surface area contributed by atoms with Crippen LogP contribution in [0.4, 0.5) is 0 Å². The summed E-state index contributed by atoms with van der Waals surface area (Å²) >= 11 is 5.00. The van der Waals surface area contributed by atoms with Crippen molar-refractivity contribution in [3.63, 3.8) is 0 Å². The van der Waals surface area contributed by atoms with Gasteiger partial charge in [0.25, 0.3) is 5.91 Å². The van der Waals surface area contributed by atoms with Crippen LogP contribution in [-0.4, -0.2) is 29.6 Å². The maximum atomic E-state index is 12.6. The van der Waals surface area contributed by atoms with Crippen molar-refractivity contribution < 1.29 is 27.7 Å². The second-order valence-electron chi connectivity index (χ2n) is 6.04. The van der Waals surface area contributed by atoms with E-state index in [1.807, 2.05) is 12.1 Å². The van der Waals surface area contributed by atoms with Gasteiger partial charge in [-0.25, -0.2) is 4.57 Å². The molecule has 10 heteroatoms. The van der Waals surface area contributed by atoms with Crippen LogP contribution in [0.5, 0.6) is 5.75 Å². The van der Waals surface area contributed by atoms with E-state index in [9.17, 15) is 9.36 Å². The van der Waals surface area contributed by atoms with Gasteiger partial charge in [0.05, 0.1) is 12.1 Å². The molecule has 2 aliphatic heterocycles. The number of para-hydroxylation sites is 1. The summed E-state index contributed by atoms with van der Waals surface area (Å²) in [6, 6.07) is 7.12. The molecule has 0 radical (unpaired) electrons. The average Bonchev–Trinajstić information content (AvgIpc) is 3.21. The molecule has 0 aliphatic carbocycles. The number of carbonyl (C=O) groups excluding carboxylic acids is 1. The van der Waals surface area contributed by atoms with Gasteiger partial charge in [0, 0.05) is 31.7 Å². The highest BCUT2D eigenvalue weighted by Gasteiger charge is 2.35. The number of phosphoric ester groups is 1. The molecule has 8 nitrogen and oxygen atoms in total. The van der Waals surface area contributed by atoms with Crippen LogP contribution >= 0.6 is 20.0 Å². The van der Waals surface area contributed by atoms with E-state index < -0.39 is 20.0 Å². The molecule has 1 saturated heterocycles. The van der Waals surface area contributed by atoms with Gasteiger partial charge in [-0.15, -0.1) is 6.42 Å². The van der Waals surface area contributed by atoms with Gasteiger partial charge < -0.3 is 24.0 Å². The molecule has 0 spiro atoms. The Kier molecular flexibility index (Phi) is 6.60. The molecule has 1 fully saturated rings. The molecule has 2 heterocycles. The van der Waals surface area contributed by atoms with Crippen LogP contribution in [0, 0.1) is 12.3 Å². The Balaban J connectivity index is 1.64. The fraction of sp³-hybridized carbons (Fsp3) is 0.263. The number of allylic oxidation sites excluding steroid dienone is 1. The summed E-state index contributed by atoms with van der Waals surface area (Å²) in [7, 11) is -2.30. The zero-order chi connectivity index (χ0) is 20.9. The smallest absolute Gasteiger partial charge is 0.471 e. The van der Waals surface area contributed by atoms with Crippen LogP contribution in [-0.2, 0) is 29.8 Å². The molecule has 3 rings (SSSR count). The number of amides is 1. The lowest BCUT2D eigenvalue weighted by molar-refractivity contribution is -0.116. The Morgan fingerprint density at radius 1 is 1.48 bits per heavy atom. The lowest BCUT2D eigenvalue weighted by Gasteiger charge is -2.24. The number of rotatable bonds is 6. The number of phosphoric acid groups is 1. The second kappa shape index (κ2) is 9.14. The van der Waals surface area contributed by atoms with E-state index in [-0.39, 0.29) is 12.2 Å². The first-order chi connectivity index (χ1) is 14.0. The van der Waals surface area contributed by atoms with Crippen molar-refractivity contribution in [1.82, 2.24) is 10.2 Å². The van der Waals surface area contributed by atoms with Gasteiger partial charge in [-0.05, 0) is 6.07 Å². The number of terminal acetylenes is 1. The van der Waals surface area contributed by atoms with E-state index in [2.05, 4.69) is 11.2 Å². The minimum absolute atomic E-state index is 0.109. The summed E-state index contributed by atoms with van der Waals surface area (Å²) < 4.78 is 34.3. The van der Waals surface area contributed by atoms with Crippen molar-refractivity contribution in [3.8, 4) is 18.1 Å². The summed E-state index contributed by atoms with van der Waals surface area (Å²) in [4.78, 5) is 13.3. The van der Waals surface area contributed by atoms with E-state index in [1.165, 1.54) is 29.9 Å². The fourth-order valence-electron chi connectivity index (χ4n) is 2.66. The average molecular weight is 434 g/mol. The number of benzene rings is 1. The minimum Gasteiger partial charge on any atom is -0.471 e. The summed E-state index contributed by atoms with van der Waals surface area (Å²) in [5.41, 5.74) is 2.23. The summed E-state index contributed by atoms with van der Waals surface area (Å²) in [5, 5.41) is 2.46. The monoisotopic (exact) mass is 434 g/mol. The van der Waals surface area contributed by atoms with Crippen molar-refractivity contribution >= 4 is 31.4 Å². The van der Waals surface area contributed by atoms with Crippen LogP contribution < -0.4 is 9.84 Å². The molecule has 1 N–H and O–H groups in total. The van der Waals surface area contributed by atoms with Gasteiger partial charge in [-0.3, -0.25) is 9.32 Å². The van der Waals surface area contributed by atoms with Gasteiger partial charge in [0.2, 0.25) is 0 Å². The van der Waals surface area contributed by atoms with E-state index in [4.69, 9.17) is 36.9 Å². The molecular formula is C19H19N2O6PS. The molecule has 0 aromatic heterocycles. The Labute approximate surface area is 174 Å². The molecule has 2 atom stereocenters. The molecule has 1 aromatic carbocycles. The van der Waals surface area contributed by atoms with Gasteiger partial charge >= 0.3 is 7.82 Å². The maximum Gasteiger partial charge on any atom is 0.587 e. The largest absolute Gasteiger partial charge is 0.587 e. The number of carbonyl (C=O) groups is 1. The van der Waals surface area contributed by atoms with Crippen molar-refractivity contribution in [3.05, 3.63) is 53.6 Å². The second-order valence-corrected chi connectivity index (χ2v) is 7.80. The van der Waals surface area contributed by atoms with Gasteiger partial charge in [-0.2, -0.15) is 0 Å². The third-order valence-electron chi connectivity index (χ3n) is 4.16.